The summed E-state index contributed by atoms with van der Waals surface area (Å²) in [5.41, 5.74) is 4.27. The smallest absolute Gasteiger partial charge is 0.255 e. The van der Waals surface area contributed by atoms with Crippen molar-refractivity contribution in [2.24, 2.45) is 0 Å². The van der Waals surface area contributed by atoms with E-state index in [1.165, 1.54) is 11.8 Å². The van der Waals surface area contributed by atoms with E-state index >= 15 is 0 Å². The highest BCUT2D eigenvalue weighted by Crippen LogP contribution is 2.34. The largest absolute Gasteiger partial charge is 0.320 e. The quantitative estimate of drug-likeness (QED) is 0.295. The number of halogens is 1. The average Bonchev–Trinajstić information content (AvgIpc) is 2.83. The van der Waals surface area contributed by atoms with Crippen molar-refractivity contribution in [3.8, 4) is 0 Å². The summed E-state index contributed by atoms with van der Waals surface area (Å²) in [5.74, 6) is -0.497. The molecule has 4 aromatic rings. The highest BCUT2D eigenvalue weighted by atomic mass is 35.5. The molecular formula is C28H23ClN2O2S. The van der Waals surface area contributed by atoms with Gasteiger partial charge in [0.15, 0.2) is 0 Å². The molecule has 0 aliphatic heterocycles. The first kappa shape index (κ1) is 23.6. The molecule has 0 aliphatic carbocycles. The minimum absolute atomic E-state index is 0.246. The summed E-state index contributed by atoms with van der Waals surface area (Å²) in [6, 6.07) is 27.8. The fourth-order valence-corrected chi connectivity index (χ4v) is 4.22. The molecule has 0 aromatic heterocycles. The number of hydrogen-bond donors (Lipinski definition) is 2. The van der Waals surface area contributed by atoms with Gasteiger partial charge in [0, 0.05) is 25.9 Å². The zero-order valence-corrected chi connectivity index (χ0v) is 20.3. The van der Waals surface area contributed by atoms with E-state index in [0.717, 1.165) is 20.9 Å². The molecule has 2 amide bonds. The molecule has 4 nitrogen and oxygen atoms in total. The maximum Gasteiger partial charge on any atom is 0.255 e. The normalized spacial score (nSPS) is 10.6. The second kappa shape index (κ2) is 10.6. The summed E-state index contributed by atoms with van der Waals surface area (Å²) in [5, 5.41) is 6.56. The molecule has 0 fully saturated rings. The van der Waals surface area contributed by atoms with E-state index in [2.05, 4.69) is 10.6 Å². The molecule has 0 radical (unpaired) electrons. The fraction of sp³-hybridized carbons (Fsp3) is 0.0714. The minimum Gasteiger partial charge on any atom is -0.320 e. The van der Waals surface area contributed by atoms with Crippen molar-refractivity contribution in [3.05, 3.63) is 118 Å². The van der Waals surface area contributed by atoms with Gasteiger partial charge in [0.25, 0.3) is 11.8 Å². The number of benzene rings is 4. The van der Waals surface area contributed by atoms with Gasteiger partial charge in [-0.2, -0.15) is 0 Å². The third-order valence-corrected chi connectivity index (χ3v) is 6.41. The maximum absolute atomic E-state index is 12.9. The highest BCUT2D eigenvalue weighted by molar-refractivity contribution is 7.99. The summed E-state index contributed by atoms with van der Waals surface area (Å²) in [6.07, 6.45) is 0. The number of rotatable bonds is 6. The van der Waals surface area contributed by atoms with Crippen molar-refractivity contribution < 1.29 is 9.59 Å². The number of amides is 2. The number of hydrogen-bond acceptors (Lipinski definition) is 3. The number of carbonyl (C=O) groups is 2. The molecule has 4 aromatic carbocycles. The Morgan fingerprint density at radius 2 is 1.09 bits per heavy atom. The van der Waals surface area contributed by atoms with E-state index in [9.17, 15) is 9.59 Å². The Labute approximate surface area is 208 Å². The van der Waals surface area contributed by atoms with Gasteiger partial charge in [-0.3, -0.25) is 9.59 Å². The second-order valence-electron chi connectivity index (χ2n) is 7.90. The second-order valence-corrected chi connectivity index (χ2v) is 9.49. The molecule has 170 valence electrons. The molecule has 2 N–H and O–H groups in total. The molecule has 0 unspecified atom stereocenters. The van der Waals surface area contributed by atoms with Gasteiger partial charge in [-0.25, -0.2) is 0 Å². The van der Waals surface area contributed by atoms with Gasteiger partial charge in [0.2, 0.25) is 0 Å². The molecule has 6 heteroatoms. The van der Waals surface area contributed by atoms with Crippen molar-refractivity contribution in [1.29, 1.82) is 0 Å². The lowest BCUT2D eigenvalue weighted by atomic mass is 10.1. The standard InChI is InChI=1S/C28H23ClN2O2S/c1-18-3-7-20(8-4-18)27(32)30-25-16-15-24(34-23-13-11-22(29)12-14-23)17-26(25)31-28(33)21-9-5-19(2)6-10-21/h3-17H,1-2H3,(H,30,32)(H,31,33). The van der Waals surface area contributed by atoms with E-state index in [0.29, 0.717) is 27.5 Å². The molecular weight excluding hydrogens is 464 g/mol. The predicted octanol–water partition coefficient (Wildman–Crippen LogP) is 7.61. The molecule has 0 saturated heterocycles. The number of nitrogens with one attached hydrogen (secondary N) is 2. The van der Waals surface area contributed by atoms with Gasteiger partial charge < -0.3 is 10.6 Å². The Hall–Kier alpha value is -3.54. The summed E-state index contributed by atoms with van der Waals surface area (Å²) in [4.78, 5) is 27.7. The van der Waals surface area contributed by atoms with Gasteiger partial charge in [-0.1, -0.05) is 58.8 Å². The van der Waals surface area contributed by atoms with Gasteiger partial charge in [0.1, 0.15) is 0 Å². The van der Waals surface area contributed by atoms with Gasteiger partial charge >= 0.3 is 0 Å². The van der Waals surface area contributed by atoms with Crippen molar-refractivity contribution in [2.45, 2.75) is 23.6 Å². The van der Waals surface area contributed by atoms with E-state index in [4.69, 9.17) is 11.6 Å². The van der Waals surface area contributed by atoms with Crippen LogP contribution in [-0.2, 0) is 0 Å². The highest BCUT2D eigenvalue weighted by Gasteiger charge is 2.14. The van der Waals surface area contributed by atoms with Crippen LogP contribution in [0.15, 0.2) is 101 Å². The Bertz CT molecular complexity index is 1320. The lowest BCUT2D eigenvalue weighted by molar-refractivity contribution is 0.101. The molecule has 0 spiro atoms. The van der Waals surface area contributed by atoms with E-state index < -0.39 is 0 Å². The lowest BCUT2D eigenvalue weighted by Gasteiger charge is -2.15. The van der Waals surface area contributed by atoms with Crippen LogP contribution in [0.2, 0.25) is 5.02 Å². The summed E-state index contributed by atoms with van der Waals surface area (Å²) in [6.45, 7) is 3.94. The van der Waals surface area contributed by atoms with Gasteiger partial charge in [-0.15, -0.1) is 0 Å². The molecule has 0 saturated carbocycles. The van der Waals surface area contributed by atoms with Gasteiger partial charge in [0.05, 0.1) is 11.4 Å². The van der Waals surface area contributed by atoms with Crippen LogP contribution in [0.3, 0.4) is 0 Å². The molecule has 0 bridgehead atoms. The summed E-state index contributed by atoms with van der Waals surface area (Å²) >= 11 is 7.53. The summed E-state index contributed by atoms with van der Waals surface area (Å²) in [7, 11) is 0. The number of aryl methyl sites for hydroxylation is 2. The first-order chi connectivity index (χ1) is 16.4. The first-order valence-electron chi connectivity index (χ1n) is 10.7. The van der Waals surface area contributed by atoms with Crippen LogP contribution >= 0.6 is 23.4 Å². The first-order valence-corrected chi connectivity index (χ1v) is 11.9. The van der Waals surface area contributed by atoms with Crippen molar-refractivity contribution in [3.63, 3.8) is 0 Å². The monoisotopic (exact) mass is 486 g/mol. The molecule has 0 atom stereocenters. The van der Waals surface area contributed by atoms with Crippen LogP contribution in [0.25, 0.3) is 0 Å². The van der Waals surface area contributed by atoms with E-state index in [1.807, 2.05) is 74.5 Å². The van der Waals surface area contributed by atoms with E-state index in [-0.39, 0.29) is 11.8 Å². The SMILES string of the molecule is Cc1ccc(C(=O)Nc2ccc(Sc3ccc(Cl)cc3)cc2NC(=O)c2ccc(C)cc2)cc1. The minimum atomic E-state index is -0.250. The molecule has 4 rings (SSSR count). The average molecular weight is 487 g/mol. The number of carbonyl (C=O) groups excluding carboxylic acids is 2. The van der Waals surface area contributed by atoms with Crippen LogP contribution in [-0.4, -0.2) is 11.8 Å². The Morgan fingerprint density at radius 3 is 1.62 bits per heavy atom. The zero-order valence-electron chi connectivity index (χ0n) is 18.8. The van der Waals surface area contributed by atoms with Crippen molar-refractivity contribution >= 4 is 46.6 Å². The zero-order chi connectivity index (χ0) is 24.1. The van der Waals surface area contributed by atoms with Crippen LogP contribution in [0.1, 0.15) is 31.8 Å². The third-order valence-electron chi connectivity index (χ3n) is 5.16. The maximum atomic E-state index is 12.9. The Kier molecular flexibility index (Phi) is 7.36. The van der Waals surface area contributed by atoms with E-state index in [1.54, 1.807) is 30.3 Å². The molecule has 0 aliphatic rings. The molecule has 0 heterocycles. The molecule has 34 heavy (non-hydrogen) atoms. The van der Waals surface area contributed by atoms with Crippen LogP contribution in [0.4, 0.5) is 11.4 Å². The van der Waals surface area contributed by atoms with Crippen molar-refractivity contribution in [1.82, 2.24) is 0 Å². The Balaban J connectivity index is 1.62. The summed E-state index contributed by atoms with van der Waals surface area (Å²) < 4.78 is 0. The predicted molar refractivity (Wildman–Crippen MR) is 140 cm³/mol. The Morgan fingerprint density at radius 1 is 0.618 bits per heavy atom. The fourth-order valence-electron chi connectivity index (χ4n) is 3.24. The van der Waals surface area contributed by atoms with Crippen molar-refractivity contribution in [2.75, 3.05) is 10.6 Å². The topological polar surface area (TPSA) is 58.2 Å². The van der Waals surface area contributed by atoms with Crippen LogP contribution in [0.5, 0.6) is 0 Å². The number of anilines is 2. The third kappa shape index (κ3) is 6.07. The van der Waals surface area contributed by atoms with Crippen LogP contribution < -0.4 is 10.6 Å². The van der Waals surface area contributed by atoms with Gasteiger partial charge in [-0.05, 0) is 80.6 Å². The lowest BCUT2D eigenvalue weighted by Crippen LogP contribution is -2.17. The van der Waals surface area contributed by atoms with Crippen LogP contribution in [0, 0.1) is 13.8 Å².